The number of carbonyl (C=O) groups excluding carboxylic acids is 2. The van der Waals surface area contributed by atoms with Gasteiger partial charge in [0.05, 0.1) is 12.2 Å². The fraction of sp³-hybridized carbons (Fsp3) is 0.706. The Hall–Kier alpha value is -1.78. The lowest BCUT2D eigenvalue weighted by molar-refractivity contribution is -0.136. The molecule has 0 bridgehead atoms. The van der Waals surface area contributed by atoms with Crippen molar-refractivity contribution in [2.24, 2.45) is 0 Å². The first kappa shape index (κ1) is 20.0. The summed E-state index contributed by atoms with van der Waals surface area (Å²) in [5, 5.41) is 5.71. The summed E-state index contributed by atoms with van der Waals surface area (Å²) in [6.07, 6.45) is 1.08. The van der Waals surface area contributed by atoms with E-state index in [1.807, 2.05) is 4.90 Å². The Labute approximate surface area is 162 Å². The molecule has 2 fully saturated rings. The van der Waals surface area contributed by atoms with Gasteiger partial charge in [-0.1, -0.05) is 11.3 Å². The highest BCUT2D eigenvalue weighted by Crippen LogP contribution is 2.18. The second kappa shape index (κ2) is 8.07. The Balaban J connectivity index is 1.49. The third kappa shape index (κ3) is 4.94. The zero-order valence-corrected chi connectivity index (χ0v) is 16.8. The van der Waals surface area contributed by atoms with E-state index in [1.165, 1.54) is 0 Å². The van der Waals surface area contributed by atoms with Crippen molar-refractivity contribution in [1.82, 2.24) is 25.0 Å². The molecular formula is C17H27FN6O2S. The van der Waals surface area contributed by atoms with E-state index in [0.717, 1.165) is 30.6 Å². The predicted octanol–water partition coefficient (Wildman–Crippen LogP) is 1.03. The van der Waals surface area contributed by atoms with Gasteiger partial charge >= 0.3 is 6.03 Å². The topological polar surface area (TPSA) is 80.8 Å². The SMILES string of the molecule is CC(C)(C)N1CCN[C@@H](C(=O)N2CCN(C(=O)Nc3ncc(F)s3)CC2)C1. The van der Waals surface area contributed by atoms with Crippen molar-refractivity contribution in [2.75, 3.05) is 51.1 Å². The summed E-state index contributed by atoms with van der Waals surface area (Å²) in [7, 11) is 0. The van der Waals surface area contributed by atoms with Crippen LogP contribution >= 0.6 is 11.3 Å². The maximum atomic E-state index is 13.0. The number of anilines is 1. The number of nitrogens with one attached hydrogen (secondary N) is 2. The molecule has 0 unspecified atom stereocenters. The molecule has 0 aromatic carbocycles. The average molecular weight is 399 g/mol. The molecule has 3 amide bonds. The van der Waals surface area contributed by atoms with Gasteiger partial charge in [0.2, 0.25) is 5.91 Å². The van der Waals surface area contributed by atoms with Crippen LogP contribution in [0.5, 0.6) is 0 Å². The maximum Gasteiger partial charge on any atom is 0.323 e. The number of urea groups is 1. The van der Waals surface area contributed by atoms with Crippen molar-refractivity contribution >= 4 is 28.4 Å². The van der Waals surface area contributed by atoms with E-state index in [9.17, 15) is 14.0 Å². The van der Waals surface area contributed by atoms with Gasteiger partial charge < -0.3 is 15.1 Å². The van der Waals surface area contributed by atoms with Crippen LogP contribution in [0, 0.1) is 5.13 Å². The molecule has 2 N–H and O–H groups in total. The van der Waals surface area contributed by atoms with E-state index in [-0.39, 0.29) is 28.7 Å². The molecule has 0 saturated carbocycles. The number of nitrogens with zero attached hydrogens (tertiary/aromatic N) is 4. The lowest BCUT2D eigenvalue weighted by Gasteiger charge is -2.43. The summed E-state index contributed by atoms with van der Waals surface area (Å²) < 4.78 is 13.0. The molecular weight excluding hydrogens is 371 g/mol. The summed E-state index contributed by atoms with van der Waals surface area (Å²) in [5.41, 5.74) is 0.0344. The molecule has 10 heteroatoms. The number of hydrogen-bond acceptors (Lipinski definition) is 6. The summed E-state index contributed by atoms with van der Waals surface area (Å²) in [5.74, 6) is 0.0889. The molecule has 0 spiro atoms. The van der Waals surface area contributed by atoms with Crippen LogP contribution in [-0.4, -0.2) is 89.0 Å². The van der Waals surface area contributed by atoms with Gasteiger partial charge in [-0.05, 0) is 20.8 Å². The molecule has 2 aliphatic heterocycles. The third-order valence-corrected chi connectivity index (χ3v) is 5.69. The van der Waals surface area contributed by atoms with Gasteiger partial charge in [0.25, 0.3) is 0 Å². The van der Waals surface area contributed by atoms with Crippen LogP contribution in [0.15, 0.2) is 6.20 Å². The molecule has 27 heavy (non-hydrogen) atoms. The minimum Gasteiger partial charge on any atom is -0.338 e. The zero-order chi connectivity index (χ0) is 19.6. The highest BCUT2D eigenvalue weighted by molar-refractivity contribution is 7.14. The maximum absolute atomic E-state index is 13.0. The van der Waals surface area contributed by atoms with Gasteiger partial charge in [0.1, 0.15) is 0 Å². The Kier molecular flexibility index (Phi) is 5.97. The highest BCUT2D eigenvalue weighted by atomic mass is 32.1. The number of aromatic nitrogens is 1. The minimum absolute atomic E-state index is 0.0344. The minimum atomic E-state index is -0.440. The van der Waals surface area contributed by atoms with Gasteiger partial charge in [0, 0.05) is 51.4 Å². The van der Waals surface area contributed by atoms with Gasteiger partial charge in [-0.3, -0.25) is 15.0 Å². The number of thiazole rings is 1. The molecule has 2 aliphatic rings. The van der Waals surface area contributed by atoms with Crippen molar-refractivity contribution in [1.29, 1.82) is 0 Å². The van der Waals surface area contributed by atoms with Crippen molar-refractivity contribution in [3.63, 3.8) is 0 Å². The summed E-state index contributed by atoms with van der Waals surface area (Å²) in [6, 6.07) is -0.525. The third-order valence-electron chi connectivity index (χ3n) is 4.99. The van der Waals surface area contributed by atoms with Crippen LogP contribution in [0.3, 0.4) is 0 Å². The number of piperazine rings is 2. The van der Waals surface area contributed by atoms with Crippen molar-refractivity contribution in [2.45, 2.75) is 32.4 Å². The summed E-state index contributed by atoms with van der Waals surface area (Å²) >= 11 is 0.793. The lowest BCUT2D eigenvalue weighted by atomic mass is 10.0. The lowest BCUT2D eigenvalue weighted by Crippen LogP contribution is -2.63. The Morgan fingerprint density at radius 2 is 1.89 bits per heavy atom. The quantitative estimate of drug-likeness (QED) is 0.778. The highest BCUT2D eigenvalue weighted by Gasteiger charge is 2.34. The number of rotatable bonds is 2. The zero-order valence-electron chi connectivity index (χ0n) is 16.0. The number of carbonyl (C=O) groups is 2. The molecule has 0 radical (unpaired) electrons. The second-order valence-corrected chi connectivity index (χ2v) is 8.82. The summed E-state index contributed by atoms with van der Waals surface area (Å²) in [6.45, 7) is 10.8. The van der Waals surface area contributed by atoms with E-state index in [0.29, 0.717) is 32.7 Å². The molecule has 1 atom stereocenters. The van der Waals surface area contributed by atoms with Crippen LogP contribution in [0.1, 0.15) is 20.8 Å². The molecule has 1 aromatic heterocycles. The van der Waals surface area contributed by atoms with Crippen molar-refractivity contribution in [3.8, 4) is 0 Å². The van der Waals surface area contributed by atoms with Gasteiger partial charge in [0.15, 0.2) is 10.3 Å². The van der Waals surface area contributed by atoms with Crippen LogP contribution in [0.25, 0.3) is 0 Å². The number of amides is 3. The molecule has 0 aliphatic carbocycles. The molecule has 150 valence electrons. The van der Waals surface area contributed by atoms with E-state index in [1.54, 1.807) is 4.90 Å². The van der Waals surface area contributed by atoms with E-state index in [2.05, 4.69) is 41.3 Å². The largest absolute Gasteiger partial charge is 0.338 e. The van der Waals surface area contributed by atoms with Crippen LogP contribution < -0.4 is 10.6 Å². The fourth-order valence-corrected chi connectivity index (χ4v) is 3.89. The molecule has 1 aromatic rings. The average Bonchev–Trinajstić information content (AvgIpc) is 3.05. The molecule has 3 rings (SSSR count). The van der Waals surface area contributed by atoms with Gasteiger partial charge in [-0.15, -0.1) is 0 Å². The fourth-order valence-electron chi connectivity index (χ4n) is 3.36. The normalized spacial score (nSPS) is 22.0. The van der Waals surface area contributed by atoms with E-state index < -0.39 is 5.13 Å². The van der Waals surface area contributed by atoms with Crippen LogP contribution in [0.4, 0.5) is 14.3 Å². The molecule has 8 nitrogen and oxygen atoms in total. The summed E-state index contributed by atoms with van der Waals surface area (Å²) in [4.78, 5) is 34.7. The predicted molar refractivity (Wildman–Crippen MR) is 102 cm³/mol. The van der Waals surface area contributed by atoms with Crippen molar-refractivity contribution < 1.29 is 14.0 Å². The number of hydrogen-bond donors (Lipinski definition) is 2. The van der Waals surface area contributed by atoms with Gasteiger partial charge in [-0.2, -0.15) is 4.39 Å². The van der Waals surface area contributed by atoms with Crippen LogP contribution in [0.2, 0.25) is 0 Å². The van der Waals surface area contributed by atoms with Crippen LogP contribution in [-0.2, 0) is 4.79 Å². The molecule has 3 heterocycles. The standard InChI is InChI=1S/C17H27FN6O2S/c1-17(2,3)24-5-4-19-12(11-24)14(25)22-6-8-23(9-7-22)16(26)21-15-20-10-13(18)27-15/h10,12,19H,4-9,11H2,1-3H3,(H,20,21,26)/t12-/m1/s1. The first-order valence-electron chi connectivity index (χ1n) is 9.18. The van der Waals surface area contributed by atoms with E-state index in [4.69, 9.17) is 0 Å². The molecule has 2 saturated heterocycles. The monoisotopic (exact) mass is 398 g/mol. The second-order valence-electron chi connectivity index (χ2n) is 7.84. The smallest absolute Gasteiger partial charge is 0.323 e. The number of halogens is 1. The Bertz CT molecular complexity index is 683. The van der Waals surface area contributed by atoms with Gasteiger partial charge in [-0.25, -0.2) is 9.78 Å². The Morgan fingerprint density at radius 3 is 2.48 bits per heavy atom. The van der Waals surface area contributed by atoms with E-state index >= 15 is 0 Å². The van der Waals surface area contributed by atoms with Crippen molar-refractivity contribution in [3.05, 3.63) is 11.3 Å². The Morgan fingerprint density at radius 1 is 1.22 bits per heavy atom. The first-order valence-corrected chi connectivity index (χ1v) is 10.00. The first-order chi connectivity index (χ1) is 12.7.